The highest BCUT2D eigenvalue weighted by atomic mass is 32.2. The minimum atomic E-state index is -4.27. The molecular weight excluding hydrogens is 484 g/mol. The fraction of sp³-hybridized carbons (Fsp3) is 0.360. The molecule has 1 heterocycles. The van der Waals surface area contributed by atoms with Gasteiger partial charge in [0.15, 0.2) is 0 Å². The molecule has 0 bridgehead atoms. The lowest BCUT2D eigenvalue weighted by Crippen LogP contribution is -2.39. The van der Waals surface area contributed by atoms with E-state index in [-0.39, 0.29) is 16.3 Å². The standard InChI is InChI=1S/C25H32N4O6S/c1-4-12-35-23-8-6-7-9-24(23)36(32,33)29(16-20(31)17-30)22-14-21(34-5-2)13-18(3)25(22)28-19-10-11-26-27-15-19/h6-11,13-15,20,30-31H,4-5,12,16-17H2,1-3H3,(H,26,28). The maximum atomic E-state index is 14.1. The first-order chi connectivity index (χ1) is 17.3. The first-order valence-corrected chi connectivity index (χ1v) is 13.1. The molecule has 36 heavy (non-hydrogen) atoms. The number of para-hydroxylation sites is 1. The fourth-order valence-corrected chi connectivity index (χ4v) is 5.18. The van der Waals surface area contributed by atoms with Crippen LogP contribution in [0.1, 0.15) is 25.8 Å². The molecule has 1 unspecified atom stereocenters. The van der Waals surface area contributed by atoms with E-state index in [9.17, 15) is 18.6 Å². The predicted octanol–water partition coefficient (Wildman–Crippen LogP) is 3.26. The van der Waals surface area contributed by atoms with Crippen molar-refractivity contribution in [3.05, 3.63) is 60.4 Å². The van der Waals surface area contributed by atoms with E-state index in [4.69, 9.17) is 9.47 Å². The van der Waals surface area contributed by atoms with Crippen molar-refractivity contribution in [2.24, 2.45) is 0 Å². The molecule has 3 aromatic rings. The Morgan fingerprint density at radius 2 is 1.89 bits per heavy atom. The van der Waals surface area contributed by atoms with Crippen LogP contribution in [0.3, 0.4) is 0 Å². The number of aromatic nitrogens is 2. The maximum absolute atomic E-state index is 14.1. The lowest BCUT2D eigenvalue weighted by atomic mass is 10.1. The Bertz CT molecular complexity index is 1240. The van der Waals surface area contributed by atoms with E-state index in [0.717, 1.165) is 4.31 Å². The smallest absolute Gasteiger partial charge is 0.268 e. The number of ether oxygens (including phenoxy) is 2. The number of aliphatic hydroxyl groups is 2. The SMILES string of the molecule is CCCOc1ccccc1S(=O)(=O)N(CC(O)CO)c1cc(OCC)cc(C)c1Nc1ccnnc1. The Kier molecular flexibility index (Phi) is 9.45. The third-order valence-electron chi connectivity index (χ3n) is 5.19. The molecular formula is C25H32N4O6S. The zero-order valence-electron chi connectivity index (χ0n) is 20.6. The number of nitrogens with zero attached hydrogens (tertiary/aromatic N) is 3. The molecule has 3 N–H and O–H groups in total. The molecule has 0 radical (unpaired) electrons. The molecule has 1 atom stereocenters. The van der Waals surface area contributed by atoms with Crippen LogP contribution in [0.4, 0.5) is 17.1 Å². The number of benzene rings is 2. The van der Waals surface area contributed by atoms with E-state index in [1.54, 1.807) is 36.4 Å². The molecule has 11 heteroatoms. The topological polar surface area (TPSA) is 134 Å². The van der Waals surface area contributed by atoms with Gasteiger partial charge < -0.3 is 25.0 Å². The Morgan fingerprint density at radius 1 is 1.11 bits per heavy atom. The maximum Gasteiger partial charge on any atom is 0.268 e. The summed E-state index contributed by atoms with van der Waals surface area (Å²) in [7, 11) is -4.27. The van der Waals surface area contributed by atoms with Crippen LogP contribution in [0.25, 0.3) is 0 Å². The lowest BCUT2D eigenvalue weighted by molar-refractivity contribution is 0.102. The molecule has 0 aliphatic heterocycles. The molecule has 0 aliphatic rings. The van der Waals surface area contributed by atoms with Crippen LogP contribution >= 0.6 is 0 Å². The zero-order chi connectivity index (χ0) is 26.1. The molecule has 3 rings (SSSR count). The van der Waals surface area contributed by atoms with Crippen LogP contribution in [-0.2, 0) is 10.0 Å². The number of sulfonamides is 1. The van der Waals surface area contributed by atoms with Gasteiger partial charge in [-0.1, -0.05) is 19.1 Å². The Balaban J connectivity index is 2.23. The van der Waals surface area contributed by atoms with Crippen LogP contribution in [0, 0.1) is 6.92 Å². The monoisotopic (exact) mass is 516 g/mol. The molecule has 1 aromatic heterocycles. The van der Waals surface area contributed by atoms with E-state index >= 15 is 0 Å². The summed E-state index contributed by atoms with van der Waals surface area (Å²) < 4.78 is 40.7. The van der Waals surface area contributed by atoms with Crippen molar-refractivity contribution < 1.29 is 28.1 Å². The molecule has 10 nitrogen and oxygen atoms in total. The Hall–Kier alpha value is -3.41. The van der Waals surface area contributed by atoms with Gasteiger partial charge in [-0.15, -0.1) is 0 Å². The average Bonchev–Trinajstić information content (AvgIpc) is 2.88. The van der Waals surface area contributed by atoms with Crippen LogP contribution in [0.15, 0.2) is 59.8 Å². The highest BCUT2D eigenvalue weighted by Gasteiger charge is 2.32. The first-order valence-electron chi connectivity index (χ1n) is 11.7. The average molecular weight is 517 g/mol. The molecule has 0 amide bonds. The molecule has 0 spiro atoms. The summed E-state index contributed by atoms with van der Waals surface area (Å²) in [5.74, 6) is 0.658. The van der Waals surface area contributed by atoms with Gasteiger partial charge in [-0.25, -0.2) is 8.42 Å². The summed E-state index contributed by atoms with van der Waals surface area (Å²) in [6.07, 6.45) is 2.38. The second kappa shape index (κ2) is 12.5. The number of rotatable bonds is 13. The van der Waals surface area contributed by atoms with Gasteiger partial charge in [0.05, 0.1) is 61.9 Å². The highest BCUT2D eigenvalue weighted by molar-refractivity contribution is 7.93. The zero-order valence-corrected chi connectivity index (χ0v) is 21.4. The molecule has 0 aliphatic carbocycles. The van der Waals surface area contributed by atoms with Gasteiger partial charge >= 0.3 is 0 Å². The highest BCUT2D eigenvalue weighted by Crippen LogP contribution is 2.40. The third kappa shape index (κ3) is 6.42. The molecule has 2 aromatic carbocycles. The van der Waals surface area contributed by atoms with E-state index in [2.05, 4.69) is 15.5 Å². The fourth-order valence-electron chi connectivity index (χ4n) is 3.54. The Morgan fingerprint density at radius 3 is 2.56 bits per heavy atom. The van der Waals surface area contributed by atoms with E-state index < -0.39 is 29.3 Å². The molecule has 0 fully saturated rings. The third-order valence-corrected chi connectivity index (χ3v) is 7.01. The summed E-state index contributed by atoms with van der Waals surface area (Å²) in [5.41, 5.74) is 1.98. The largest absolute Gasteiger partial charge is 0.494 e. The number of aryl methyl sites for hydroxylation is 1. The summed E-state index contributed by atoms with van der Waals surface area (Å²) in [6.45, 7) is 5.26. The second-order valence-electron chi connectivity index (χ2n) is 7.99. The summed E-state index contributed by atoms with van der Waals surface area (Å²) >= 11 is 0. The predicted molar refractivity (Wildman–Crippen MR) is 138 cm³/mol. The van der Waals surface area contributed by atoms with E-state index in [0.29, 0.717) is 42.3 Å². The van der Waals surface area contributed by atoms with E-state index in [1.807, 2.05) is 20.8 Å². The van der Waals surface area contributed by atoms with Gasteiger partial charge in [-0.3, -0.25) is 4.31 Å². The molecule has 0 saturated carbocycles. The number of anilines is 3. The van der Waals surface area contributed by atoms with Gasteiger partial charge in [-0.05, 0) is 50.1 Å². The minimum Gasteiger partial charge on any atom is -0.494 e. The summed E-state index contributed by atoms with van der Waals surface area (Å²) in [4.78, 5) is -0.0559. The van der Waals surface area contributed by atoms with Crippen molar-refractivity contribution in [3.63, 3.8) is 0 Å². The summed E-state index contributed by atoms with van der Waals surface area (Å²) in [5, 5.41) is 30.8. The number of hydrogen-bond donors (Lipinski definition) is 3. The van der Waals surface area contributed by atoms with Gasteiger partial charge in [0.25, 0.3) is 10.0 Å². The number of hydrogen-bond acceptors (Lipinski definition) is 9. The van der Waals surface area contributed by atoms with Crippen LogP contribution in [0.2, 0.25) is 0 Å². The van der Waals surface area contributed by atoms with Crippen molar-refractivity contribution in [2.45, 2.75) is 38.2 Å². The Labute approximate surface area is 211 Å². The lowest BCUT2D eigenvalue weighted by Gasteiger charge is -2.30. The van der Waals surface area contributed by atoms with E-state index in [1.165, 1.54) is 18.5 Å². The van der Waals surface area contributed by atoms with Crippen LogP contribution in [-0.4, -0.2) is 61.3 Å². The van der Waals surface area contributed by atoms with Gasteiger partial charge in [-0.2, -0.15) is 10.2 Å². The van der Waals surface area contributed by atoms with Crippen molar-refractivity contribution in [3.8, 4) is 11.5 Å². The quantitative estimate of drug-likeness (QED) is 0.313. The van der Waals surface area contributed by atoms with Crippen molar-refractivity contribution in [1.82, 2.24) is 10.2 Å². The van der Waals surface area contributed by atoms with Gasteiger partial charge in [0, 0.05) is 6.07 Å². The first kappa shape index (κ1) is 27.2. The number of nitrogens with one attached hydrogen (secondary N) is 1. The minimum absolute atomic E-state index is 0.0559. The molecule has 194 valence electrons. The van der Waals surface area contributed by atoms with Crippen molar-refractivity contribution >= 4 is 27.1 Å². The van der Waals surface area contributed by atoms with Crippen LogP contribution in [0.5, 0.6) is 11.5 Å². The summed E-state index contributed by atoms with van der Waals surface area (Å²) in [6, 6.07) is 11.4. The van der Waals surface area contributed by atoms with Gasteiger partial charge in [0.2, 0.25) is 0 Å². The normalized spacial score (nSPS) is 12.1. The second-order valence-corrected chi connectivity index (χ2v) is 9.82. The van der Waals surface area contributed by atoms with Gasteiger partial charge in [0.1, 0.15) is 16.4 Å². The number of aliphatic hydroxyl groups excluding tert-OH is 2. The van der Waals surface area contributed by atoms with Crippen LogP contribution < -0.4 is 19.1 Å². The van der Waals surface area contributed by atoms with Crippen molar-refractivity contribution in [1.29, 1.82) is 0 Å². The van der Waals surface area contributed by atoms with Crippen molar-refractivity contribution in [2.75, 3.05) is 36.0 Å². The molecule has 0 saturated heterocycles.